The van der Waals surface area contributed by atoms with Crippen molar-refractivity contribution in [2.75, 3.05) is 31.1 Å². The Morgan fingerprint density at radius 3 is 2.46 bits per heavy atom. The summed E-state index contributed by atoms with van der Waals surface area (Å²) in [6.07, 6.45) is 4.53. The molecule has 0 saturated carbocycles. The number of likely N-dealkylation sites (tertiary alicyclic amines) is 1. The van der Waals surface area contributed by atoms with Crippen LogP contribution in [0, 0.1) is 0 Å². The first-order chi connectivity index (χ1) is 12.4. The first-order valence-electron chi connectivity index (χ1n) is 9.96. The summed E-state index contributed by atoms with van der Waals surface area (Å²) in [5.41, 5.74) is 2.19. The average molecular weight is 360 g/mol. The van der Waals surface area contributed by atoms with Crippen LogP contribution in [0.4, 0.5) is 10.5 Å². The molecule has 0 spiro atoms. The van der Waals surface area contributed by atoms with Gasteiger partial charge in [-0.2, -0.15) is 0 Å². The van der Waals surface area contributed by atoms with Gasteiger partial charge < -0.3 is 19.9 Å². The number of benzene rings is 1. The lowest BCUT2D eigenvalue weighted by Gasteiger charge is -2.34. The highest BCUT2D eigenvalue weighted by Gasteiger charge is 2.27. The third kappa shape index (κ3) is 5.37. The molecule has 0 radical (unpaired) electrons. The lowest BCUT2D eigenvalue weighted by atomic mass is 10.1. The van der Waals surface area contributed by atoms with Gasteiger partial charge in [0.05, 0.1) is 0 Å². The number of carbonyl (C=O) groups excluding carboxylic acids is 1. The van der Waals surface area contributed by atoms with Gasteiger partial charge in [-0.15, -0.1) is 0 Å². The molecule has 2 heterocycles. The zero-order valence-electron chi connectivity index (χ0n) is 16.5. The van der Waals surface area contributed by atoms with Crippen molar-refractivity contribution in [1.29, 1.82) is 0 Å². The summed E-state index contributed by atoms with van der Waals surface area (Å²) in [6.45, 7) is 10.5. The second-order valence-electron chi connectivity index (χ2n) is 8.51. The van der Waals surface area contributed by atoms with Crippen LogP contribution in [-0.4, -0.2) is 48.8 Å². The zero-order valence-corrected chi connectivity index (χ0v) is 16.5. The Morgan fingerprint density at radius 2 is 1.81 bits per heavy atom. The molecule has 0 aliphatic carbocycles. The fraction of sp³-hybridized carbons (Fsp3) is 0.667. The van der Waals surface area contributed by atoms with Gasteiger partial charge in [0.15, 0.2) is 0 Å². The molecule has 2 aliphatic heterocycles. The maximum atomic E-state index is 12.3. The van der Waals surface area contributed by atoms with Crippen LogP contribution >= 0.6 is 0 Å². The summed E-state index contributed by atoms with van der Waals surface area (Å²) in [5.74, 6) is 0. The highest BCUT2D eigenvalue weighted by Crippen LogP contribution is 2.21. The number of rotatable bonds is 4. The molecular formula is C21H33N3O2. The third-order valence-electron chi connectivity index (χ3n) is 5.08. The van der Waals surface area contributed by atoms with Crippen molar-refractivity contribution in [3.63, 3.8) is 0 Å². The Morgan fingerprint density at radius 1 is 1.12 bits per heavy atom. The van der Waals surface area contributed by atoms with Crippen LogP contribution < -0.4 is 10.2 Å². The summed E-state index contributed by atoms with van der Waals surface area (Å²) < 4.78 is 5.50. The van der Waals surface area contributed by atoms with Crippen LogP contribution in [-0.2, 0) is 11.3 Å². The van der Waals surface area contributed by atoms with E-state index in [1.807, 2.05) is 25.7 Å². The second-order valence-corrected chi connectivity index (χ2v) is 8.51. The summed E-state index contributed by atoms with van der Waals surface area (Å²) in [6, 6.07) is 9.23. The number of hydrogen-bond donors (Lipinski definition) is 1. The van der Waals surface area contributed by atoms with E-state index >= 15 is 0 Å². The normalized spacial score (nSPS) is 21.1. The van der Waals surface area contributed by atoms with Crippen molar-refractivity contribution < 1.29 is 9.53 Å². The van der Waals surface area contributed by atoms with Gasteiger partial charge in [-0.25, -0.2) is 4.79 Å². The molecule has 144 valence electrons. The Labute approximate surface area is 157 Å². The van der Waals surface area contributed by atoms with Gasteiger partial charge >= 0.3 is 6.09 Å². The predicted molar refractivity (Wildman–Crippen MR) is 106 cm³/mol. The number of hydrogen-bond acceptors (Lipinski definition) is 4. The summed E-state index contributed by atoms with van der Waals surface area (Å²) >= 11 is 0. The number of piperidine rings is 1. The fourth-order valence-electron chi connectivity index (χ4n) is 3.70. The van der Waals surface area contributed by atoms with Gasteiger partial charge in [-0.3, -0.25) is 0 Å². The van der Waals surface area contributed by atoms with E-state index in [9.17, 15) is 4.79 Å². The topological polar surface area (TPSA) is 44.8 Å². The second kappa shape index (κ2) is 8.30. The van der Waals surface area contributed by atoms with Gasteiger partial charge in [0, 0.05) is 44.5 Å². The van der Waals surface area contributed by atoms with E-state index in [-0.39, 0.29) is 6.09 Å². The van der Waals surface area contributed by atoms with Crippen molar-refractivity contribution in [1.82, 2.24) is 10.2 Å². The van der Waals surface area contributed by atoms with E-state index in [4.69, 9.17) is 4.74 Å². The van der Waals surface area contributed by atoms with Crippen LogP contribution in [0.15, 0.2) is 24.3 Å². The zero-order chi connectivity index (χ0) is 18.6. The van der Waals surface area contributed by atoms with E-state index in [1.165, 1.54) is 37.2 Å². The standard InChI is InChI=1S/C21H33N3O2/c1-21(2,3)26-20(25)24-14-6-7-18(16-24)22-15-17-8-10-19(11-9-17)23-12-4-5-13-23/h8-11,18,22H,4-7,12-16H2,1-3H3. The monoisotopic (exact) mass is 359 g/mol. The Hall–Kier alpha value is -1.75. The number of anilines is 1. The minimum Gasteiger partial charge on any atom is -0.444 e. The summed E-state index contributed by atoms with van der Waals surface area (Å²) in [5, 5.41) is 3.61. The lowest BCUT2D eigenvalue weighted by molar-refractivity contribution is 0.0187. The van der Waals surface area contributed by atoms with Gasteiger partial charge in [0.25, 0.3) is 0 Å². The van der Waals surface area contributed by atoms with Gasteiger partial charge in [0.2, 0.25) is 0 Å². The number of nitrogens with zero attached hydrogens (tertiary/aromatic N) is 2. The van der Waals surface area contributed by atoms with Crippen LogP contribution in [0.2, 0.25) is 0 Å². The van der Waals surface area contributed by atoms with E-state index in [1.54, 1.807) is 0 Å². The molecule has 3 rings (SSSR count). The first-order valence-corrected chi connectivity index (χ1v) is 9.96. The van der Waals surface area contributed by atoms with Crippen molar-refractivity contribution in [3.8, 4) is 0 Å². The van der Waals surface area contributed by atoms with E-state index in [0.29, 0.717) is 6.04 Å². The molecule has 0 aromatic heterocycles. The number of ether oxygens (including phenoxy) is 1. The predicted octanol–water partition coefficient (Wildman–Crippen LogP) is 3.78. The molecule has 2 saturated heterocycles. The van der Waals surface area contributed by atoms with Crippen LogP contribution in [0.1, 0.15) is 52.0 Å². The number of amides is 1. The molecule has 5 nitrogen and oxygen atoms in total. The van der Waals surface area contributed by atoms with Crippen molar-refractivity contribution >= 4 is 11.8 Å². The third-order valence-corrected chi connectivity index (χ3v) is 5.08. The van der Waals surface area contributed by atoms with E-state index < -0.39 is 5.60 Å². The molecule has 26 heavy (non-hydrogen) atoms. The maximum absolute atomic E-state index is 12.3. The van der Waals surface area contributed by atoms with E-state index in [0.717, 1.165) is 32.5 Å². The van der Waals surface area contributed by atoms with Crippen molar-refractivity contribution in [2.45, 2.75) is 64.6 Å². The maximum Gasteiger partial charge on any atom is 0.410 e. The fourth-order valence-corrected chi connectivity index (χ4v) is 3.70. The molecule has 1 aromatic rings. The molecule has 0 bridgehead atoms. The lowest BCUT2D eigenvalue weighted by Crippen LogP contribution is -2.49. The molecule has 1 N–H and O–H groups in total. The quantitative estimate of drug-likeness (QED) is 0.889. The minimum atomic E-state index is -0.436. The van der Waals surface area contributed by atoms with Gasteiger partial charge in [0.1, 0.15) is 5.60 Å². The molecular weight excluding hydrogens is 326 g/mol. The van der Waals surface area contributed by atoms with Crippen LogP contribution in [0.25, 0.3) is 0 Å². The molecule has 1 aromatic carbocycles. The Balaban J connectivity index is 1.47. The van der Waals surface area contributed by atoms with Gasteiger partial charge in [-0.05, 0) is 64.2 Å². The summed E-state index contributed by atoms with van der Waals surface area (Å²) in [7, 11) is 0. The van der Waals surface area contributed by atoms with Gasteiger partial charge in [-0.1, -0.05) is 12.1 Å². The van der Waals surface area contributed by atoms with E-state index in [2.05, 4.69) is 34.5 Å². The molecule has 1 atom stereocenters. The largest absolute Gasteiger partial charge is 0.444 e. The molecule has 2 fully saturated rings. The van der Waals surface area contributed by atoms with Crippen molar-refractivity contribution in [2.24, 2.45) is 0 Å². The Bertz CT molecular complexity index is 588. The van der Waals surface area contributed by atoms with Crippen molar-refractivity contribution in [3.05, 3.63) is 29.8 Å². The summed E-state index contributed by atoms with van der Waals surface area (Å²) in [4.78, 5) is 16.6. The minimum absolute atomic E-state index is 0.195. The Kier molecular flexibility index (Phi) is 6.07. The highest BCUT2D eigenvalue weighted by molar-refractivity contribution is 5.68. The number of nitrogens with one attached hydrogen (secondary N) is 1. The molecule has 5 heteroatoms. The van der Waals surface area contributed by atoms with Crippen LogP contribution in [0.5, 0.6) is 0 Å². The first kappa shape index (κ1) is 19.0. The molecule has 2 aliphatic rings. The molecule has 1 amide bonds. The van der Waals surface area contributed by atoms with Crippen LogP contribution in [0.3, 0.4) is 0 Å². The molecule has 1 unspecified atom stereocenters. The SMILES string of the molecule is CC(C)(C)OC(=O)N1CCCC(NCc2ccc(N3CCCC3)cc2)C1. The highest BCUT2D eigenvalue weighted by atomic mass is 16.6. The smallest absolute Gasteiger partial charge is 0.410 e. The number of carbonyl (C=O) groups is 1. The average Bonchev–Trinajstić information content (AvgIpc) is 3.14.